The first-order valence-electron chi connectivity index (χ1n) is 6.22. The zero-order valence-electron chi connectivity index (χ0n) is 10.5. The average Bonchev–Trinajstić information content (AvgIpc) is 2.85. The number of nitrogens with one attached hydrogen (secondary N) is 1. The fraction of sp³-hybridized carbons (Fsp3) is 0.692. The standard InChI is InChI=1S/C13H21N3O/c1-3-9-15-13(17)11(2)16(10-8-14)12-6-4-5-7-12/h3,11-12H,1,4-7,9-10H2,2H3,(H,15,17). The molecule has 1 unspecified atom stereocenters. The molecule has 1 saturated carbocycles. The lowest BCUT2D eigenvalue weighted by molar-refractivity contribution is -0.126. The van der Waals surface area contributed by atoms with E-state index in [4.69, 9.17) is 5.26 Å². The van der Waals surface area contributed by atoms with Gasteiger partial charge in [0.05, 0.1) is 18.7 Å². The van der Waals surface area contributed by atoms with Gasteiger partial charge < -0.3 is 5.32 Å². The number of amides is 1. The van der Waals surface area contributed by atoms with Gasteiger partial charge in [-0.2, -0.15) is 5.26 Å². The molecule has 0 aromatic carbocycles. The van der Waals surface area contributed by atoms with E-state index in [0.29, 0.717) is 19.1 Å². The lowest BCUT2D eigenvalue weighted by atomic mass is 10.1. The maximum absolute atomic E-state index is 11.9. The highest BCUT2D eigenvalue weighted by Crippen LogP contribution is 2.24. The van der Waals surface area contributed by atoms with Crippen LogP contribution in [0.5, 0.6) is 0 Å². The zero-order chi connectivity index (χ0) is 12.7. The first-order chi connectivity index (χ1) is 8.20. The molecule has 0 saturated heterocycles. The summed E-state index contributed by atoms with van der Waals surface area (Å²) in [4.78, 5) is 13.9. The van der Waals surface area contributed by atoms with E-state index in [9.17, 15) is 4.79 Å². The van der Waals surface area contributed by atoms with E-state index in [2.05, 4.69) is 18.0 Å². The average molecular weight is 235 g/mol. The maximum Gasteiger partial charge on any atom is 0.237 e. The summed E-state index contributed by atoms with van der Waals surface area (Å²) >= 11 is 0. The van der Waals surface area contributed by atoms with Crippen molar-refractivity contribution in [1.29, 1.82) is 5.26 Å². The quantitative estimate of drug-likeness (QED) is 0.560. The van der Waals surface area contributed by atoms with Crippen molar-refractivity contribution in [3.05, 3.63) is 12.7 Å². The lowest BCUT2D eigenvalue weighted by Gasteiger charge is -2.31. The highest BCUT2D eigenvalue weighted by molar-refractivity contribution is 5.81. The number of nitrogens with zero attached hydrogens (tertiary/aromatic N) is 2. The first kappa shape index (κ1) is 13.7. The summed E-state index contributed by atoms with van der Waals surface area (Å²) in [5.74, 6) is -0.0212. The van der Waals surface area contributed by atoms with E-state index in [1.165, 1.54) is 12.8 Å². The second kappa shape index (κ2) is 7.08. The Kier molecular flexibility index (Phi) is 5.71. The Balaban J connectivity index is 2.59. The van der Waals surface area contributed by atoms with Gasteiger partial charge in [0.15, 0.2) is 0 Å². The fourth-order valence-electron chi connectivity index (χ4n) is 2.37. The summed E-state index contributed by atoms with van der Waals surface area (Å²) in [5, 5.41) is 11.7. The molecule has 0 aliphatic heterocycles. The van der Waals surface area contributed by atoms with Crippen LogP contribution in [-0.2, 0) is 4.79 Å². The van der Waals surface area contributed by atoms with E-state index in [0.717, 1.165) is 12.8 Å². The van der Waals surface area contributed by atoms with Crippen LogP contribution < -0.4 is 5.32 Å². The van der Waals surface area contributed by atoms with Crippen LogP contribution in [0.4, 0.5) is 0 Å². The topological polar surface area (TPSA) is 56.1 Å². The highest BCUT2D eigenvalue weighted by atomic mass is 16.2. The third-order valence-corrected chi connectivity index (χ3v) is 3.34. The molecule has 0 heterocycles. The molecule has 1 aliphatic rings. The molecular weight excluding hydrogens is 214 g/mol. The van der Waals surface area contributed by atoms with Gasteiger partial charge in [-0.3, -0.25) is 9.69 Å². The number of carbonyl (C=O) groups excluding carboxylic acids is 1. The molecule has 0 aromatic rings. The number of hydrogen-bond acceptors (Lipinski definition) is 3. The predicted octanol–water partition coefficient (Wildman–Crippen LogP) is 1.45. The Morgan fingerprint density at radius 2 is 2.29 bits per heavy atom. The molecule has 1 rings (SSSR count). The first-order valence-corrected chi connectivity index (χ1v) is 6.22. The Bertz CT molecular complexity index is 302. The van der Waals surface area contributed by atoms with E-state index in [1.807, 2.05) is 11.8 Å². The van der Waals surface area contributed by atoms with Crippen LogP contribution in [0.25, 0.3) is 0 Å². The third kappa shape index (κ3) is 3.86. The van der Waals surface area contributed by atoms with E-state index < -0.39 is 0 Å². The Morgan fingerprint density at radius 3 is 2.82 bits per heavy atom. The van der Waals surface area contributed by atoms with Gasteiger partial charge in [-0.25, -0.2) is 0 Å². The van der Waals surface area contributed by atoms with Crippen LogP contribution in [0, 0.1) is 11.3 Å². The van der Waals surface area contributed by atoms with E-state index in [1.54, 1.807) is 6.08 Å². The molecule has 1 aliphatic carbocycles. The second-order valence-electron chi connectivity index (χ2n) is 4.48. The molecule has 4 nitrogen and oxygen atoms in total. The second-order valence-corrected chi connectivity index (χ2v) is 4.48. The van der Waals surface area contributed by atoms with Gasteiger partial charge in [0, 0.05) is 12.6 Å². The van der Waals surface area contributed by atoms with Crippen molar-refractivity contribution in [3.63, 3.8) is 0 Å². The van der Waals surface area contributed by atoms with Crippen molar-refractivity contribution in [2.45, 2.75) is 44.7 Å². The zero-order valence-corrected chi connectivity index (χ0v) is 10.5. The van der Waals surface area contributed by atoms with Crippen LogP contribution in [0.3, 0.4) is 0 Å². The molecule has 1 fully saturated rings. The summed E-state index contributed by atoms with van der Waals surface area (Å²) in [6, 6.07) is 2.31. The number of hydrogen-bond donors (Lipinski definition) is 1. The monoisotopic (exact) mass is 235 g/mol. The number of rotatable bonds is 6. The molecule has 1 N–H and O–H groups in total. The SMILES string of the molecule is C=CCNC(=O)C(C)N(CC#N)C1CCCC1. The molecule has 1 amide bonds. The van der Waals surface area contributed by atoms with Gasteiger partial charge in [0.1, 0.15) is 0 Å². The highest BCUT2D eigenvalue weighted by Gasteiger charge is 2.29. The molecule has 0 aromatic heterocycles. The smallest absolute Gasteiger partial charge is 0.237 e. The van der Waals surface area contributed by atoms with Crippen LogP contribution in [0.2, 0.25) is 0 Å². The van der Waals surface area contributed by atoms with Crippen molar-refractivity contribution in [2.75, 3.05) is 13.1 Å². The molecule has 1 atom stereocenters. The Labute approximate surface area is 103 Å². The van der Waals surface area contributed by atoms with Gasteiger partial charge in [-0.05, 0) is 19.8 Å². The molecule has 0 spiro atoms. The van der Waals surface area contributed by atoms with Crippen molar-refractivity contribution in [1.82, 2.24) is 10.2 Å². The fourth-order valence-corrected chi connectivity index (χ4v) is 2.37. The van der Waals surface area contributed by atoms with Gasteiger partial charge in [0.2, 0.25) is 5.91 Å². The minimum absolute atomic E-state index is 0.0212. The lowest BCUT2D eigenvalue weighted by Crippen LogP contribution is -2.49. The normalized spacial score (nSPS) is 17.7. The summed E-state index contributed by atoms with van der Waals surface area (Å²) in [6.45, 7) is 6.25. The van der Waals surface area contributed by atoms with Gasteiger partial charge in [0.25, 0.3) is 0 Å². The Morgan fingerprint density at radius 1 is 1.65 bits per heavy atom. The molecule has 0 bridgehead atoms. The van der Waals surface area contributed by atoms with Crippen molar-refractivity contribution < 1.29 is 4.79 Å². The van der Waals surface area contributed by atoms with Crippen LogP contribution in [-0.4, -0.2) is 36.0 Å². The summed E-state index contributed by atoms with van der Waals surface area (Å²) in [6.07, 6.45) is 6.26. The largest absolute Gasteiger partial charge is 0.351 e. The molecular formula is C13H21N3O. The van der Waals surface area contributed by atoms with Gasteiger partial charge >= 0.3 is 0 Å². The van der Waals surface area contributed by atoms with Crippen LogP contribution in [0.1, 0.15) is 32.6 Å². The van der Waals surface area contributed by atoms with E-state index in [-0.39, 0.29) is 11.9 Å². The van der Waals surface area contributed by atoms with E-state index >= 15 is 0 Å². The number of carbonyl (C=O) groups is 1. The summed E-state index contributed by atoms with van der Waals surface area (Å²) in [7, 11) is 0. The third-order valence-electron chi connectivity index (χ3n) is 3.34. The van der Waals surface area contributed by atoms with Crippen molar-refractivity contribution in [2.24, 2.45) is 0 Å². The minimum Gasteiger partial charge on any atom is -0.351 e. The van der Waals surface area contributed by atoms with Gasteiger partial charge in [-0.15, -0.1) is 6.58 Å². The maximum atomic E-state index is 11.9. The predicted molar refractivity (Wildman–Crippen MR) is 67.2 cm³/mol. The molecule has 17 heavy (non-hydrogen) atoms. The van der Waals surface area contributed by atoms with Crippen LogP contribution >= 0.6 is 0 Å². The summed E-state index contributed by atoms with van der Waals surface area (Å²) in [5.41, 5.74) is 0. The van der Waals surface area contributed by atoms with Crippen LogP contribution in [0.15, 0.2) is 12.7 Å². The molecule has 0 radical (unpaired) electrons. The Hall–Kier alpha value is -1.34. The summed E-state index contributed by atoms with van der Waals surface area (Å²) < 4.78 is 0. The van der Waals surface area contributed by atoms with Gasteiger partial charge in [-0.1, -0.05) is 18.9 Å². The van der Waals surface area contributed by atoms with Crippen molar-refractivity contribution >= 4 is 5.91 Å². The molecule has 4 heteroatoms. The van der Waals surface area contributed by atoms with Crippen molar-refractivity contribution in [3.8, 4) is 6.07 Å². The molecule has 94 valence electrons. The minimum atomic E-state index is -0.238. The number of nitriles is 1.